The Morgan fingerprint density at radius 1 is 1.32 bits per heavy atom. The van der Waals surface area contributed by atoms with Crippen molar-refractivity contribution in [2.75, 3.05) is 39.9 Å². The summed E-state index contributed by atoms with van der Waals surface area (Å²) in [5, 5.41) is 3.67. The van der Waals surface area contributed by atoms with Gasteiger partial charge in [0.1, 0.15) is 0 Å². The first-order valence-corrected chi connectivity index (χ1v) is 8.10. The quantitative estimate of drug-likeness (QED) is 0.768. The molecule has 1 aliphatic carbocycles. The minimum Gasteiger partial charge on any atom is -0.381 e. The maximum atomic E-state index is 5.81. The molecule has 0 aromatic rings. The van der Waals surface area contributed by atoms with E-state index in [0.717, 1.165) is 38.3 Å². The zero-order valence-electron chi connectivity index (χ0n) is 13.1. The minimum absolute atomic E-state index is 0.345. The van der Waals surface area contributed by atoms with E-state index in [2.05, 4.69) is 31.1 Å². The molecule has 0 amide bonds. The summed E-state index contributed by atoms with van der Waals surface area (Å²) in [6.07, 6.45) is 6.75. The smallest absolute Gasteiger partial charge is 0.0546 e. The maximum absolute atomic E-state index is 5.81. The molecule has 0 radical (unpaired) electrons. The second-order valence-electron chi connectivity index (χ2n) is 7.18. The van der Waals surface area contributed by atoms with Gasteiger partial charge in [-0.3, -0.25) is 0 Å². The van der Waals surface area contributed by atoms with Crippen LogP contribution in [0.4, 0.5) is 0 Å². The first-order valence-electron chi connectivity index (χ1n) is 8.10. The number of nitrogens with one attached hydrogen (secondary N) is 1. The highest BCUT2D eigenvalue weighted by Crippen LogP contribution is 2.32. The highest BCUT2D eigenvalue weighted by Gasteiger charge is 2.36. The fraction of sp³-hybridized carbons (Fsp3) is 1.00. The summed E-state index contributed by atoms with van der Waals surface area (Å²) in [6, 6.07) is 0.837. The molecule has 0 aromatic carbocycles. The topological polar surface area (TPSA) is 24.5 Å². The van der Waals surface area contributed by atoms with Crippen molar-refractivity contribution in [3.05, 3.63) is 0 Å². The van der Waals surface area contributed by atoms with Crippen LogP contribution in [0, 0.1) is 11.3 Å². The summed E-state index contributed by atoms with van der Waals surface area (Å²) in [5.41, 5.74) is 0.345. The molecule has 0 aromatic heterocycles. The normalized spacial score (nSPS) is 28.9. The van der Waals surface area contributed by atoms with Crippen molar-refractivity contribution in [3.63, 3.8) is 0 Å². The Bertz CT molecular complexity index is 257. The Morgan fingerprint density at radius 2 is 2.11 bits per heavy atom. The molecule has 2 rings (SSSR count). The lowest BCUT2D eigenvalue weighted by atomic mass is 9.80. The molecule has 1 saturated carbocycles. The van der Waals surface area contributed by atoms with E-state index in [4.69, 9.17) is 4.74 Å². The molecule has 1 aliphatic heterocycles. The third-order valence-corrected chi connectivity index (χ3v) is 4.74. The fourth-order valence-electron chi connectivity index (χ4n) is 3.34. The van der Waals surface area contributed by atoms with Crippen molar-refractivity contribution in [3.8, 4) is 0 Å². The van der Waals surface area contributed by atoms with Crippen LogP contribution in [-0.2, 0) is 4.74 Å². The summed E-state index contributed by atoms with van der Waals surface area (Å²) >= 11 is 0. The van der Waals surface area contributed by atoms with E-state index in [0.29, 0.717) is 5.41 Å². The summed E-state index contributed by atoms with van der Waals surface area (Å²) in [4.78, 5) is 2.59. The Hall–Kier alpha value is -0.120. The zero-order valence-corrected chi connectivity index (χ0v) is 13.1. The van der Waals surface area contributed by atoms with Crippen LogP contribution in [-0.4, -0.2) is 50.8 Å². The summed E-state index contributed by atoms with van der Waals surface area (Å²) in [6.45, 7) is 9.88. The number of rotatable bonds is 7. The molecule has 1 heterocycles. The number of hydrogen-bond acceptors (Lipinski definition) is 3. The van der Waals surface area contributed by atoms with Crippen LogP contribution in [0.25, 0.3) is 0 Å². The fourth-order valence-corrected chi connectivity index (χ4v) is 3.34. The zero-order chi connectivity index (χ0) is 13.7. The van der Waals surface area contributed by atoms with Crippen molar-refractivity contribution < 1.29 is 4.74 Å². The molecule has 1 atom stereocenters. The lowest BCUT2D eigenvalue weighted by Crippen LogP contribution is -2.51. The van der Waals surface area contributed by atoms with E-state index < -0.39 is 0 Å². The van der Waals surface area contributed by atoms with E-state index in [1.165, 1.54) is 38.6 Å². The Morgan fingerprint density at radius 3 is 2.63 bits per heavy atom. The lowest BCUT2D eigenvalue weighted by Gasteiger charge is -2.44. The predicted molar refractivity (Wildman–Crippen MR) is 80.5 cm³/mol. The van der Waals surface area contributed by atoms with Crippen LogP contribution in [0.3, 0.4) is 0 Å². The summed E-state index contributed by atoms with van der Waals surface area (Å²) in [7, 11) is 2.31. The highest BCUT2D eigenvalue weighted by atomic mass is 16.5. The Balaban J connectivity index is 1.85. The first kappa shape index (κ1) is 15.3. The molecule has 2 aliphatic rings. The Labute approximate surface area is 119 Å². The molecule has 1 N–H and O–H groups in total. The van der Waals surface area contributed by atoms with Crippen LogP contribution in [0.1, 0.15) is 46.0 Å². The van der Waals surface area contributed by atoms with Gasteiger partial charge in [0.05, 0.1) is 6.61 Å². The second kappa shape index (κ2) is 7.05. The lowest BCUT2D eigenvalue weighted by molar-refractivity contribution is -0.0337. The molecule has 1 saturated heterocycles. The number of hydrogen-bond donors (Lipinski definition) is 1. The molecule has 112 valence electrons. The van der Waals surface area contributed by atoms with Gasteiger partial charge in [-0.2, -0.15) is 0 Å². The van der Waals surface area contributed by atoms with Gasteiger partial charge in [0.25, 0.3) is 0 Å². The number of nitrogens with zero attached hydrogens (tertiary/aromatic N) is 1. The second-order valence-corrected chi connectivity index (χ2v) is 7.18. The van der Waals surface area contributed by atoms with Gasteiger partial charge < -0.3 is 15.0 Å². The van der Waals surface area contributed by atoms with Crippen LogP contribution >= 0.6 is 0 Å². The SMILES string of the molecule is CC(C)CNCC1(CN(C)C2CCC2)CCCOC1. The molecule has 3 heteroatoms. The van der Waals surface area contributed by atoms with Gasteiger partial charge in [-0.1, -0.05) is 20.3 Å². The van der Waals surface area contributed by atoms with E-state index in [1.807, 2.05) is 0 Å². The van der Waals surface area contributed by atoms with Crippen molar-refractivity contribution in [2.45, 2.75) is 52.0 Å². The Kier molecular flexibility index (Phi) is 5.67. The van der Waals surface area contributed by atoms with Gasteiger partial charge in [-0.15, -0.1) is 0 Å². The van der Waals surface area contributed by atoms with Crippen LogP contribution < -0.4 is 5.32 Å². The van der Waals surface area contributed by atoms with Gasteiger partial charge in [-0.05, 0) is 45.2 Å². The first-order chi connectivity index (χ1) is 9.11. The predicted octanol–water partition coefficient (Wildman–Crippen LogP) is 2.51. The van der Waals surface area contributed by atoms with Crippen molar-refractivity contribution in [2.24, 2.45) is 11.3 Å². The van der Waals surface area contributed by atoms with E-state index in [9.17, 15) is 0 Å². The summed E-state index contributed by atoms with van der Waals surface area (Å²) < 4.78 is 5.81. The number of ether oxygens (including phenoxy) is 1. The average Bonchev–Trinajstić information content (AvgIpc) is 2.26. The summed E-state index contributed by atoms with van der Waals surface area (Å²) in [5.74, 6) is 0.728. The molecule has 1 unspecified atom stereocenters. The largest absolute Gasteiger partial charge is 0.381 e. The third-order valence-electron chi connectivity index (χ3n) is 4.74. The van der Waals surface area contributed by atoms with Gasteiger partial charge in [0.15, 0.2) is 0 Å². The maximum Gasteiger partial charge on any atom is 0.0546 e. The van der Waals surface area contributed by atoms with Gasteiger partial charge in [0.2, 0.25) is 0 Å². The van der Waals surface area contributed by atoms with E-state index >= 15 is 0 Å². The van der Waals surface area contributed by atoms with Crippen LogP contribution in [0.15, 0.2) is 0 Å². The van der Waals surface area contributed by atoms with Gasteiger partial charge in [-0.25, -0.2) is 0 Å². The van der Waals surface area contributed by atoms with Crippen LogP contribution in [0.5, 0.6) is 0 Å². The molecule has 0 bridgehead atoms. The molecular weight excluding hydrogens is 236 g/mol. The molecule has 3 nitrogen and oxygen atoms in total. The monoisotopic (exact) mass is 268 g/mol. The van der Waals surface area contributed by atoms with Crippen molar-refractivity contribution >= 4 is 0 Å². The van der Waals surface area contributed by atoms with Crippen molar-refractivity contribution in [1.82, 2.24) is 10.2 Å². The van der Waals surface area contributed by atoms with Gasteiger partial charge in [0, 0.05) is 31.2 Å². The molecule has 0 spiro atoms. The molecule has 2 fully saturated rings. The van der Waals surface area contributed by atoms with E-state index in [-0.39, 0.29) is 0 Å². The highest BCUT2D eigenvalue weighted by molar-refractivity contribution is 4.90. The average molecular weight is 268 g/mol. The van der Waals surface area contributed by atoms with Crippen molar-refractivity contribution in [1.29, 1.82) is 0 Å². The molecular formula is C16H32N2O. The standard InChI is InChI=1S/C16H32N2O/c1-14(2)10-17-11-16(8-5-9-19-13-16)12-18(3)15-6-4-7-15/h14-15,17H,4-13H2,1-3H3. The van der Waals surface area contributed by atoms with E-state index in [1.54, 1.807) is 0 Å². The third kappa shape index (κ3) is 4.44. The molecule has 19 heavy (non-hydrogen) atoms. The van der Waals surface area contributed by atoms with Gasteiger partial charge >= 0.3 is 0 Å². The minimum atomic E-state index is 0.345. The van der Waals surface area contributed by atoms with Crippen LogP contribution in [0.2, 0.25) is 0 Å².